The highest BCUT2D eigenvalue weighted by atomic mass is 35.5. The Bertz CT molecular complexity index is 1290. The quantitative estimate of drug-likeness (QED) is 0.471. The van der Waals surface area contributed by atoms with Crippen LogP contribution in [0.5, 0.6) is 0 Å². The lowest BCUT2D eigenvalue weighted by Crippen LogP contribution is -2.35. The Morgan fingerprint density at radius 2 is 1.71 bits per heavy atom. The monoisotopic (exact) mass is 513 g/mol. The number of anilines is 1. The highest BCUT2D eigenvalue weighted by molar-refractivity contribution is 7.92. The van der Waals surface area contributed by atoms with Crippen LogP contribution in [0.25, 0.3) is 0 Å². The van der Waals surface area contributed by atoms with Crippen LogP contribution in [0.4, 0.5) is 5.69 Å². The lowest BCUT2D eigenvalue weighted by Gasteiger charge is -2.26. The van der Waals surface area contributed by atoms with Gasteiger partial charge >= 0.3 is 0 Å². The molecule has 0 bridgehead atoms. The molecule has 1 aliphatic rings. The average molecular weight is 514 g/mol. The second-order valence-electron chi connectivity index (χ2n) is 8.51. The highest BCUT2D eigenvalue weighted by Gasteiger charge is 2.20. The van der Waals surface area contributed by atoms with Crippen LogP contribution in [0.2, 0.25) is 5.02 Å². The number of ether oxygens (including phenoxy) is 1. The maximum Gasteiger partial charge on any atom is 0.263 e. The lowest BCUT2D eigenvalue weighted by atomic mass is 10.1. The van der Waals surface area contributed by atoms with Crippen LogP contribution < -0.4 is 10.0 Å². The van der Waals surface area contributed by atoms with Gasteiger partial charge in [-0.2, -0.15) is 0 Å². The van der Waals surface area contributed by atoms with Gasteiger partial charge in [0.2, 0.25) is 0 Å². The topological polar surface area (TPSA) is 87.7 Å². The molecule has 9 heteroatoms. The van der Waals surface area contributed by atoms with E-state index in [1.807, 2.05) is 25.1 Å². The molecule has 7 nitrogen and oxygen atoms in total. The molecule has 3 aromatic carbocycles. The smallest absolute Gasteiger partial charge is 0.263 e. The van der Waals surface area contributed by atoms with E-state index in [9.17, 15) is 13.2 Å². The molecule has 35 heavy (non-hydrogen) atoms. The Balaban J connectivity index is 1.39. The van der Waals surface area contributed by atoms with Crippen LogP contribution >= 0.6 is 11.6 Å². The fraction of sp³-hybridized carbons (Fsp3) is 0.269. The van der Waals surface area contributed by atoms with E-state index in [2.05, 4.69) is 27.1 Å². The third-order valence-corrected chi connectivity index (χ3v) is 7.60. The third-order valence-electron chi connectivity index (χ3n) is 5.74. The van der Waals surface area contributed by atoms with Crippen molar-refractivity contribution in [3.8, 4) is 0 Å². The summed E-state index contributed by atoms with van der Waals surface area (Å²) in [6.45, 7) is 6.44. The van der Waals surface area contributed by atoms with Crippen molar-refractivity contribution in [2.75, 3.05) is 31.0 Å². The van der Waals surface area contributed by atoms with Crippen LogP contribution in [-0.2, 0) is 27.8 Å². The average Bonchev–Trinajstić information content (AvgIpc) is 2.84. The zero-order valence-corrected chi connectivity index (χ0v) is 21.0. The number of benzene rings is 3. The van der Waals surface area contributed by atoms with Gasteiger partial charge in [0.05, 0.1) is 18.2 Å². The lowest BCUT2D eigenvalue weighted by molar-refractivity contribution is 0.0342. The molecule has 1 aliphatic heterocycles. The van der Waals surface area contributed by atoms with Crippen molar-refractivity contribution in [2.45, 2.75) is 24.9 Å². The van der Waals surface area contributed by atoms with Crippen LogP contribution in [0.1, 0.15) is 27.0 Å². The van der Waals surface area contributed by atoms with Gasteiger partial charge in [0.15, 0.2) is 0 Å². The normalized spacial score (nSPS) is 14.5. The van der Waals surface area contributed by atoms with Crippen molar-refractivity contribution < 1.29 is 17.9 Å². The van der Waals surface area contributed by atoms with Crippen molar-refractivity contribution in [3.63, 3.8) is 0 Å². The summed E-state index contributed by atoms with van der Waals surface area (Å²) in [5, 5.41) is 2.89. The number of hydrogen-bond donors (Lipinski definition) is 2. The maximum absolute atomic E-state index is 12.9. The number of amides is 1. The Hall–Kier alpha value is -2.91. The molecule has 4 rings (SSSR count). The Kier molecular flexibility index (Phi) is 8.07. The maximum atomic E-state index is 12.9. The van der Waals surface area contributed by atoms with Crippen LogP contribution in [0.3, 0.4) is 0 Å². The number of morpholine rings is 1. The van der Waals surface area contributed by atoms with E-state index in [1.54, 1.807) is 18.2 Å². The summed E-state index contributed by atoms with van der Waals surface area (Å²) in [5.41, 5.74) is 3.71. The largest absolute Gasteiger partial charge is 0.379 e. The zero-order chi connectivity index (χ0) is 24.8. The number of aryl methyl sites for hydroxylation is 1. The summed E-state index contributed by atoms with van der Waals surface area (Å²) < 4.78 is 33.8. The van der Waals surface area contributed by atoms with Gasteiger partial charge in [-0.25, -0.2) is 8.42 Å². The standard InChI is InChI=1S/C26H28ClN3O4S/c1-19-3-2-4-23(15-19)29-35(32,33)25-16-22(9-10-24(25)27)26(31)28-17-20-5-7-21(8-6-20)18-30-11-13-34-14-12-30/h2-10,15-16,29H,11-14,17-18H2,1H3,(H,28,31). The summed E-state index contributed by atoms with van der Waals surface area (Å²) in [6, 6.07) is 19.3. The summed E-state index contributed by atoms with van der Waals surface area (Å²) in [6.07, 6.45) is 0. The van der Waals surface area contributed by atoms with Gasteiger partial charge < -0.3 is 10.1 Å². The van der Waals surface area contributed by atoms with Gasteiger partial charge in [0.25, 0.3) is 15.9 Å². The first-order chi connectivity index (χ1) is 16.8. The molecule has 3 aromatic rings. The Labute approximate surface area is 211 Å². The van der Waals surface area contributed by atoms with E-state index in [-0.39, 0.29) is 21.4 Å². The Morgan fingerprint density at radius 3 is 2.43 bits per heavy atom. The first-order valence-electron chi connectivity index (χ1n) is 11.4. The molecular weight excluding hydrogens is 486 g/mol. The van der Waals surface area contributed by atoms with Gasteiger partial charge in [-0.05, 0) is 53.9 Å². The van der Waals surface area contributed by atoms with Crippen molar-refractivity contribution in [1.29, 1.82) is 0 Å². The molecule has 0 radical (unpaired) electrons. The van der Waals surface area contributed by atoms with Crippen molar-refractivity contribution in [1.82, 2.24) is 10.2 Å². The van der Waals surface area contributed by atoms with Crippen LogP contribution in [-0.4, -0.2) is 45.5 Å². The van der Waals surface area contributed by atoms with E-state index in [4.69, 9.17) is 16.3 Å². The number of carbonyl (C=O) groups is 1. The summed E-state index contributed by atoms with van der Waals surface area (Å²) in [5.74, 6) is -0.383. The zero-order valence-electron chi connectivity index (χ0n) is 19.5. The first-order valence-corrected chi connectivity index (χ1v) is 13.2. The molecular formula is C26H28ClN3O4S. The molecule has 2 N–H and O–H groups in total. The number of hydrogen-bond acceptors (Lipinski definition) is 5. The second-order valence-corrected chi connectivity index (χ2v) is 10.6. The van der Waals surface area contributed by atoms with Gasteiger partial charge in [-0.15, -0.1) is 0 Å². The minimum Gasteiger partial charge on any atom is -0.379 e. The molecule has 1 saturated heterocycles. The second kappa shape index (κ2) is 11.2. The number of halogens is 1. The predicted molar refractivity (Wildman–Crippen MR) is 137 cm³/mol. The van der Waals surface area contributed by atoms with Gasteiger partial charge in [-0.1, -0.05) is 48.0 Å². The molecule has 0 saturated carbocycles. The molecule has 0 atom stereocenters. The number of nitrogens with zero attached hydrogens (tertiary/aromatic N) is 1. The van der Waals surface area contributed by atoms with Crippen LogP contribution in [0, 0.1) is 6.92 Å². The predicted octanol–water partition coefficient (Wildman–Crippen LogP) is 4.21. The minimum absolute atomic E-state index is 0.0394. The number of carbonyl (C=O) groups excluding carboxylic acids is 1. The fourth-order valence-electron chi connectivity index (χ4n) is 3.83. The molecule has 184 valence electrons. The summed E-state index contributed by atoms with van der Waals surface area (Å²) >= 11 is 6.18. The molecule has 0 aromatic heterocycles. The van der Waals surface area contributed by atoms with Gasteiger partial charge in [0.1, 0.15) is 4.90 Å². The molecule has 0 unspecified atom stereocenters. The number of rotatable bonds is 8. The first kappa shape index (κ1) is 25.2. The summed E-state index contributed by atoms with van der Waals surface area (Å²) in [7, 11) is -3.97. The molecule has 1 amide bonds. The fourth-order valence-corrected chi connectivity index (χ4v) is 5.41. The van der Waals surface area contributed by atoms with Crippen molar-refractivity contribution in [2.24, 2.45) is 0 Å². The third kappa shape index (κ3) is 6.82. The van der Waals surface area contributed by atoms with E-state index in [0.717, 1.165) is 44.0 Å². The Morgan fingerprint density at radius 1 is 1.00 bits per heavy atom. The highest BCUT2D eigenvalue weighted by Crippen LogP contribution is 2.25. The SMILES string of the molecule is Cc1cccc(NS(=O)(=O)c2cc(C(=O)NCc3ccc(CN4CCOCC4)cc3)ccc2Cl)c1. The molecule has 1 fully saturated rings. The number of nitrogens with one attached hydrogen (secondary N) is 2. The minimum atomic E-state index is -3.97. The molecule has 0 aliphatic carbocycles. The summed E-state index contributed by atoms with van der Waals surface area (Å²) in [4.78, 5) is 14.9. The van der Waals surface area contributed by atoms with Gasteiger partial charge in [0, 0.05) is 37.4 Å². The van der Waals surface area contributed by atoms with Gasteiger partial charge in [-0.3, -0.25) is 14.4 Å². The van der Waals surface area contributed by atoms with E-state index in [1.165, 1.54) is 23.8 Å². The molecule has 0 spiro atoms. The van der Waals surface area contributed by atoms with E-state index < -0.39 is 10.0 Å². The van der Waals surface area contributed by atoms with Crippen molar-refractivity contribution in [3.05, 3.63) is 94.0 Å². The number of sulfonamides is 1. The van der Waals surface area contributed by atoms with Crippen LogP contribution in [0.15, 0.2) is 71.6 Å². The van der Waals surface area contributed by atoms with E-state index >= 15 is 0 Å². The van der Waals surface area contributed by atoms with E-state index in [0.29, 0.717) is 12.2 Å². The van der Waals surface area contributed by atoms with Crippen molar-refractivity contribution >= 4 is 33.2 Å². The molecule has 1 heterocycles.